The topological polar surface area (TPSA) is 122 Å². The minimum atomic E-state index is -0.369. The van der Waals surface area contributed by atoms with Crippen LogP contribution in [-0.4, -0.2) is 41.6 Å². The zero-order chi connectivity index (χ0) is 23.2. The molecule has 31 heavy (non-hydrogen) atoms. The van der Waals surface area contributed by atoms with Crippen LogP contribution in [0.2, 0.25) is 0 Å². The number of hydrogen-bond donors (Lipinski definition) is 3. The fraction of sp³-hybridized carbons (Fsp3) is 0.478. The molecule has 1 aromatic rings. The number of benzene rings is 1. The molecule has 0 saturated heterocycles. The van der Waals surface area contributed by atoms with Crippen LogP contribution in [0.5, 0.6) is 0 Å². The Balaban J connectivity index is 0.00000110. The van der Waals surface area contributed by atoms with Gasteiger partial charge >= 0.3 is 0 Å². The molecule has 0 radical (unpaired) electrons. The van der Waals surface area contributed by atoms with E-state index < -0.39 is 0 Å². The van der Waals surface area contributed by atoms with E-state index in [4.69, 9.17) is 5.73 Å². The lowest BCUT2D eigenvalue weighted by atomic mass is 10.1. The number of rotatable bonds is 11. The number of hydrogen-bond acceptors (Lipinski definition) is 5. The Labute approximate surface area is 184 Å². The van der Waals surface area contributed by atoms with Crippen LogP contribution in [0.15, 0.2) is 30.9 Å². The first kappa shape index (κ1) is 26.0. The van der Waals surface area contributed by atoms with Gasteiger partial charge in [0.1, 0.15) is 0 Å². The van der Waals surface area contributed by atoms with Crippen molar-refractivity contribution in [2.24, 2.45) is 5.73 Å². The first-order valence-corrected chi connectivity index (χ1v) is 10.7. The maximum absolute atomic E-state index is 12.7. The van der Waals surface area contributed by atoms with Crippen molar-refractivity contribution in [1.29, 1.82) is 0 Å². The normalized spacial score (nSPS) is 12.9. The summed E-state index contributed by atoms with van der Waals surface area (Å²) >= 11 is 0. The number of nitrogens with two attached hydrogens (primary N) is 1. The summed E-state index contributed by atoms with van der Waals surface area (Å²) in [5.74, 6) is -0.583. The Morgan fingerprint density at radius 3 is 2.58 bits per heavy atom. The summed E-state index contributed by atoms with van der Waals surface area (Å²) in [6, 6.07) is 5.11. The van der Waals surface area contributed by atoms with Crippen molar-refractivity contribution in [3.05, 3.63) is 42.0 Å². The molecule has 8 heteroatoms. The van der Waals surface area contributed by atoms with Crippen molar-refractivity contribution in [2.45, 2.75) is 65.0 Å². The molecule has 1 atom stereocenters. The Morgan fingerprint density at radius 1 is 1.26 bits per heavy atom. The first-order valence-electron chi connectivity index (χ1n) is 10.7. The minimum Gasteiger partial charge on any atom is -0.331 e. The van der Waals surface area contributed by atoms with Gasteiger partial charge in [0.05, 0.1) is 0 Å². The number of amides is 4. The maximum Gasteiger partial charge on any atom is 0.254 e. The van der Waals surface area contributed by atoms with E-state index in [-0.39, 0.29) is 30.2 Å². The van der Waals surface area contributed by atoms with E-state index in [2.05, 4.69) is 24.1 Å². The van der Waals surface area contributed by atoms with Crippen molar-refractivity contribution in [3.63, 3.8) is 0 Å². The Hall–Kier alpha value is -3.00. The average molecular weight is 431 g/mol. The summed E-state index contributed by atoms with van der Waals surface area (Å²) in [5.41, 5.74) is 7.45. The standard InChI is InChI=1S/C19H26N4O4.C4H8/c1-13(8-9-17(25)21-12-24)23-11-15-14(19(23)27)5-4-6-16(15)22-18(26)7-2-3-10-20;1-3-4-2/h4-6,12-13H,2-3,7-11,20H2,1H3,(H,22,26)(H,21,24,25);3H,1,4H2,2H3. The van der Waals surface area contributed by atoms with Crippen molar-refractivity contribution in [1.82, 2.24) is 10.2 Å². The third-order valence-corrected chi connectivity index (χ3v) is 4.96. The van der Waals surface area contributed by atoms with Crippen LogP contribution >= 0.6 is 0 Å². The predicted molar refractivity (Wildman–Crippen MR) is 121 cm³/mol. The lowest BCUT2D eigenvalue weighted by Crippen LogP contribution is -2.34. The van der Waals surface area contributed by atoms with E-state index in [1.54, 1.807) is 23.1 Å². The van der Waals surface area contributed by atoms with Crippen LogP contribution in [0.4, 0.5) is 5.69 Å². The van der Waals surface area contributed by atoms with Gasteiger partial charge in [-0.05, 0) is 51.3 Å². The average Bonchev–Trinajstić information content (AvgIpc) is 3.10. The lowest BCUT2D eigenvalue weighted by molar-refractivity contribution is -0.125. The molecule has 1 unspecified atom stereocenters. The minimum absolute atomic E-state index is 0.0960. The van der Waals surface area contributed by atoms with Gasteiger partial charge in [-0.25, -0.2) is 0 Å². The Bertz CT molecular complexity index is 779. The number of allylic oxidation sites excluding steroid dienone is 1. The Kier molecular flexibility index (Phi) is 11.8. The van der Waals surface area contributed by atoms with Crippen LogP contribution in [0.1, 0.15) is 68.3 Å². The van der Waals surface area contributed by atoms with Crippen molar-refractivity contribution in [3.8, 4) is 0 Å². The molecule has 2 rings (SSSR count). The predicted octanol–water partition coefficient (Wildman–Crippen LogP) is 2.73. The molecular formula is C23H34N4O4. The van der Waals surface area contributed by atoms with Gasteiger partial charge in [-0.15, -0.1) is 6.58 Å². The van der Waals surface area contributed by atoms with Crippen LogP contribution in [0.25, 0.3) is 0 Å². The van der Waals surface area contributed by atoms with E-state index in [0.717, 1.165) is 24.8 Å². The zero-order valence-corrected chi connectivity index (χ0v) is 18.5. The van der Waals surface area contributed by atoms with Gasteiger partial charge in [-0.2, -0.15) is 0 Å². The highest BCUT2D eigenvalue weighted by Gasteiger charge is 2.32. The molecule has 0 aromatic heterocycles. The summed E-state index contributed by atoms with van der Waals surface area (Å²) < 4.78 is 0. The summed E-state index contributed by atoms with van der Waals surface area (Å²) in [5, 5.41) is 4.98. The van der Waals surface area contributed by atoms with E-state index >= 15 is 0 Å². The smallest absolute Gasteiger partial charge is 0.254 e. The molecule has 8 nitrogen and oxygen atoms in total. The van der Waals surface area contributed by atoms with Crippen molar-refractivity contribution in [2.75, 3.05) is 11.9 Å². The van der Waals surface area contributed by atoms with Gasteiger partial charge in [0, 0.05) is 42.2 Å². The van der Waals surface area contributed by atoms with Gasteiger partial charge < -0.3 is 16.0 Å². The molecular weight excluding hydrogens is 396 g/mol. The number of nitrogens with one attached hydrogen (secondary N) is 2. The number of anilines is 1. The second kappa shape index (κ2) is 14.1. The molecule has 1 aliphatic heterocycles. The summed E-state index contributed by atoms with van der Waals surface area (Å²) in [6.45, 7) is 8.34. The second-order valence-corrected chi connectivity index (χ2v) is 7.33. The van der Waals surface area contributed by atoms with Gasteiger partial charge in [0.15, 0.2) is 0 Å². The maximum atomic E-state index is 12.7. The highest BCUT2D eigenvalue weighted by Crippen LogP contribution is 2.31. The Morgan fingerprint density at radius 2 is 1.97 bits per heavy atom. The molecule has 0 saturated carbocycles. The quantitative estimate of drug-likeness (QED) is 0.283. The molecule has 170 valence electrons. The van der Waals surface area contributed by atoms with Gasteiger partial charge in [-0.3, -0.25) is 24.5 Å². The van der Waals surface area contributed by atoms with E-state index in [0.29, 0.717) is 43.6 Å². The van der Waals surface area contributed by atoms with Gasteiger partial charge in [0.25, 0.3) is 5.91 Å². The largest absolute Gasteiger partial charge is 0.331 e. The molecule has 4 N–H and O–H groups in total. The third-order valence-electron chi connectivity index (χ3n) is 4.96. The molecule has 1 aromatic carbocycles. The zero-order valence-electron chi connectivity index (χ0n) is 18.5. The first-order chi connectivity index (χ1) is 14.9. The molecule has 4 amide bonds. The fourth-order valence-corrected chi connectivity index (χ4v) is 3.10. The number of carbonyl (C=O) groups is 4. The number of carbonyl (C=O) groups excluding carboxylic acids is 4. The highest BCUT2D eigenvalue weighted by atomic mass is 16.2. The van der Waals surface area contributed by atoms with Crippen LogP contribution in [-0.2, 0) is 20.9 Å². The second-order valence-electron chi connectivity index (χ2n) is 7.33. The number of fused-ring (bicyclic) bond motifs is 1. The SMILES string of the molecule is C=CCC.CC(CCC(=O)NC=O)N1Cc2c(NC(=O)CCCCN)cccc2C1=O. The van der Waals surface area contributed by atoms with E-state index in [9.17, 15) is 19.2 Å². The van der Waals surface area contributed by atoms with Crippen LogP contribution in [0, 0.1) is 0 Å². The lowest BCUT2D eigenvalue weighted by Gasteiger charge is -2.24. The number of nitrogens with zero attached hydrogens (tertiary/aromatic N) is 1. The van der Waals surface area contributed by atoms with Crippen LogP contribution in [0.3, 0.4) is 0 Å². The summed E-state index contributed by atoms with van der Waals surface area (Å²) in [7, 11) is 0. The van der Waals surface area contributed by atoms with Crippen LogP contribution < -0.4 is 16.4 Å². The molecule has 1 heterocycles. The summed E-state index contributed by atoms with van der Waals surface area (Å²) in [6.07, 6.45) is 5.82. The number of imide groups is 1. The summed E-state index contributed by atoms with van der Waals surface area (Å²) in [4.78, 5) is 48.2. The number of unbranched alkanes of at least 4 members (excludes halogenated alkanes) is 1. The highest BCUT2D eigenvalue weighted by molar-refractivity contribution is 6.02. The van der Waals surface area contributed by atoms with Gasteiger partial charge in [-0.1, -0.05) is 19.1 Å². The molecule has 1 aliphatic rings. The monoisotopic (exact) mass is 430 g/mol. The molecule has 0 fully saturated rings. The van der Waals surface area contributed by atoms with Gasteiger partial charge in [0.2, 0.25) is 18.2 Å². The van der Waals surface area contributed by atoms with Crippen molar-refractivity contribution >= 4 is 29.8 Å². The van der Waals surface area contributed by atoms with Crippen molar-refractivity contribution < 1.29 is 19.2 Å². The fourth-order valence-electron chi connectivity index (χ4n) is 3.10. The van der Waals surface area contributed by atoms with E-state index in [1.165, 1.54) is 0 Å². The molecule has 0 spiro atoms. The third kappa shape index (κ3) is 8.33. The van der Waals surface area contributed by atoms with E-state index in [1.807, 2.05) is 13.0 Å². The molecule has 0 aliphatic carbocycles. The molecule has 0 bridgehead atoms.